The molecule has 1 aliphatic carbocycles. The molecule has 11 heteroatoms. The molecule has 2 fully saturated rings. The first-order valence-corrected chi connectivity index (χ1v) is 12.4. The molecule has 3 aromatic heterocycles. The van der Waals surface area contributed by atoms with Crippen molar-refractivity contribution in [3.63, 3.8) is 0 Å². The average Bonchev–Trinajstić information content (AvgIpc) is 3.25. The first-order chi connectivity index (χ1) is 17.9. The summed E-state index contributed by atoms with van der Waals surface area (Å²) in [4.78, 5) is 29.0. The number of aromatic nitrogens is 4. The topological polar surface area (TPSA) is 131 Å². The minimum absolute atomic E-state index is 0.0227. The molecule has 1 atom stereocenters. The van der Waals surface area contributed by atoms with Crippen LogP contribution in [-0.2, 0) is 9.53 Å². The number of fused-ring (bicyclic) bond motifs is 1. The van der Waals surface area contributed by atoms with Crippen LogP contribution in [0.1, 0.15) is 58.9 Å². The van der Waals surface area contributed by atoms with Crippen LogP contribution in [0.2, 0.25) is 5.02 Å². The van der Waals surface area contributed by atoms with Crippen LogP contribution in [0.5, 0.6) is 0 Å². The Bertz CT molecular complexity index is 1380. The molecular weight excluding hydrogens is 494 g/mol. The molecule has 2 aliphatic rings. The maximum atomic E-state index is 11.7. The molecule has 10 nitrogen and oxygen atoms in total. The normalized spacial score (nSPS) is 16.5. The van der Waals surface area contributed by atoms with E-state index in [1.165, 1.54) is 24.5 Å². The molecular formula is C26H30ClN7O3. The first kappa shape index (κ1) is 26.3. The van der Waals surface area contributed by atoms with Gasteiger partial charge in [-0.25, -0.2) is 4.98 Å². The third-order valence-corrected chi connectivity index (χ3v) is 6.74. The number of pyridine rings is 1. The highest BCUT2D eigenvalue weighted by Gasteiger charge is 2.28. The summed E-state index contributed by atoms with van der Waals surface area (Å²) in [5.41, 5.74) is 8.80. The zero-order chi connectivity index (χ0) is 26.5. The van der Waals surface area contributed by atoms with E-state index in [-0.39, 0.29) is 17.5 Å². The molecule has 1 saturated carbocycles. The summed E-state index contributed by atoms with van der Waals surface area (Å²) in [6, 6.07) is 2.22. The number of primary amides is 1. The second-order valence-electron chi connectivity index (χ2n) is 8.89. The number of carbonyl (C=O) groups is 2. The van der Waals surface area contributed by atoms with Gasteiger partial charge in [-0.15, -0.1) is 0 Å². The molecule has 0 aromatic carbocycles. The van der Waals surface area contributed by atoms with Crippen LogP contribution in [0.15, 0.2) is 31.2 Å². The lowest BCUT2D eigenvalue weighted by Crippen LogP contribution is -2.36. The summed E-state index contributed by atoms with van der Waals surface area (Å²) in [5, 5.41) is 10.1. The quantitative estimate of drug-likeness (QED) is 0.336. The van der Waals surface area contributed by atoms with Gasteiger partial charge in [-0.05, 0) is 61.1 Å². The zero-order valence-corrected chi connectivity index (χ0v) is 21.6. The lowest BCUT2D eigenvalue weighted by molar-refractivity contribution is -0.127. The van der Waals surface area contributed by atoms with E-state index in [0.717, 1.165) is 24.9 Å². The predicted octanol–water partition coefficient (Wildman–Crippen LogP) is 2.94. The number of nitrogens with two attached hydrogens (primary N) is 1. The summed E-state index contributed by atoms with van der Waals surface area (Å²) in [6.07, 6.45) is 9.35. The van der Waals surface area contributed by atoms with E-state index >= 15 is 0 Å². The monoisotopic (exact) mass is 523 g/mol. The van der Waals surface area contributed by atoms with Gasteiger partial charge in [-0.1, -0.05) is 18.2 Å². The highest BCUT2D eigenvalue weighted by atomic mass is 35.5. The number of rotatable bonds is 6. The van der Waals surface area contributed by atoms with Crippen LogP contribution in [0.4, 0.5) is 5.82 Å². The van der Waals surface area contributed by atoms with Gasteiger partial charge in [0, 0.05) is 20.7 Å². The molecule has 0 bridgehead atoms. The number of anilines is 1. The number of imidazole rings is 1. The fourth-order valence-corrected chi connectivity index (χ4v) is 4.76. The van der Waals surface area contributed by atoms with Crippen molar-refractivity contribution in [1.82, 2.24) is 24.5 Å². The van der Waals surface area contributed by atoms with Crippen molar-refractivity contribution in [3.8, 4) is 11.8 Å². The molecule has 194 valence electrons. The highest BCUT2D eigenvalue weighted by Crippen LogP contribution is 2.43. The molecule has 4 N–H and O–H groups in total. The number of ether oxygens (including phenoxy) is 1. The molecule has 4 heterocycles. The minimum atomic E-state index is -0.606. The molecule has 1 aliphatic heterocycles. The molecule has 37 heavy (non-hydrogen) atoms. The smallest absolute Gasteiger partial charge is 0.255 e. The Kier molecular flexibility index (Phi) is 8.16. The van der Waals surface area contributed by atoms with Crippen LogP contribution in [-0.4, -0.2) is 69.6 Å². The molecule has 0 radical (unpaired) electrons. The molecule has 2 amide bonds. The van der Waals surface area contributed by atoms with Gasteiger partial charge >= 0.3 is 0 Å². The number of nitrogens with zero attached hydrogens (tertiary/aromatic N) is 4. The summed E-state index contributed by atoms with van der Waals surface area (Å²) < 4.78 is 6.90. The Labute approximate surface area is 220 Å². The van der Waals surface area contributed by atoms with Gasteiger partial charge in [0.05, 0.1) is 29.4 Å². The van der Waals surface area contributed by atoms with Crippen molar-refractivity contribution in [2.45, 2.75) is 37.6 Å². The van der Waals surface area contributed by atoms with Crippen molar-refractivity contribution >= 4 is 34.7 Å². The molecule has 0 spiro atoms. The van der Waals surface area contributed by atoms with Crippen molar-refractivity contribution in [2.75, 3.05) is 32.6 Å². The number of aromatic amines is 1. The van der Waals surface area contributed by atoms with Crippen molar-refractivity contribution in [3.05, 3.63) is 58.8 Å². The number of halogens is 1. The van der Waals surface area contributed by atoms with Crippen molar-refractivity contribution in [2.24, 2.45) is 5.73 Å². The minimum Gasteiger partial charge on any atom is -0.383 e. The fourth-order valence-electron chi connectivity index (χ4n) is 4.51. The SMILES string of the molecule is C=CC(=O)N1CCCC1COC.CNc1n[nH]c(C#Cc2c(Cl)cc(C3CC3)c3cncn23)c1C(N)=O. The van der Waals surface area contributed by atoms with Gasteiger partial charge in [0.25, 0.3) is 5.91 Å². The Morgan fingerprint density at radius 3 is 2.81 bits per heavy atom. The summed E-state index contributed by atoms with van der Waals surface area (Å²) in [5.74, 6) is 6.25. The Morgan fingerprint density at radius 1 is 1.38 bits per heavy atom. The lowest BCUT2D eigenvalue weighted by Gasteiger charge is -2.22. The number of likely N-dealkylation sites (tertiary alicyclic amines) is 1. The van der Waals surface area contributed by atoms with Crippen LogP contribution in [0, 0.1) is 11.8 Å². The van der Waals surface area contributed by atoms with Gasteiger partial charge in [0.15, 0.2) is 5.82 Å². The maximum absolute atomic E-state index is 11.7. The third kappa shape index (κ3) is 5.63. The largest absolute Gasteiger partial charge is 0.383 e. The molecule has 1 saturated heterocycles. The summed E-state index contributed by atoms with van der Waals surface area (Å²) in [7, 11) is 3.32. The number of nitrogens with one attached hydrogen (secondary N) is 2. The summed E-state index contributed by atoms with van der Waals surface area (Å²) >= 11 is 6.46. The Balaban J connectivity index is 0.000000225. The van der Waals surface area contributed by atoms with Crippen LogP contribution in [0.25, 0.3) is 5.52 Å². The molecule has 1 unspecified atom stereocenters. The number of H-pyrrole nitrogens is 1. The van der Waals surface area contributed by atoms with Crippen LogP contribution >= 0.6 is 11.6 Å². The van der Waals surface area contributed by atoms with E-state index in [4.69, 9.17) is 22.1 Å². The second-order valence-corrected chi connectivity index (χ2v) is 9.30. The van der Waals surface area contributed by atoms with Gasteiger partial charge in [0.1, 0.15) is 23.3 Å². The van der Waals surface area contributed by atoms with E-state index in [9.17, 15) is 9.59 Å². The Morgan fingerprint density at radius 2 is 2.16 bits per heavy atom. The van der Waals surface area contributed by atoms with Gasteiger partial charge in [-0.3, -0.25) is 19.1 Å². The molecule has 5 rings (SSSR count). The number of carbonyl (C=O) groups excluding carboxylic acids is 2. The predicted molar refractivity (Wildman–Crippen MR) is 142 cm³/mol. The van der Waals surface area contributed by atoms with Crippen LogP contribution in [0.3, 0.4) is 0 Å². The van der Waals surface area contributed by atoms with Crippen molar-refractivity contribution < 1.29 is 14.3 Å². The van der Waals surface area contributed by atoms with E-state index in [2.05, 4.69) is 38.9 Å². The van der Waals surface area contributed by atoms with E-state index in [1.54, 1.807) is 20.5 Å². The third-order valence-electron chi connectivity index (χ3n) is 6.45. The van der Waals surface area contributed by atoms with Crippen molar-refractivity contribution in [1.29, 1.82) is 0 Å². The number of methoxy groups -OCH3 is 1. The van der Waals surface area contributed by atoms with Crippen LogP contribution < -0.4 is 11.1 Å². The highest BCUT2D eigenvalue weighted by molar-refractivity contribution is 6.31. The standard InChI is InChI=1S/C17H15ClN6O.C9H15NO2/c1-20-17-15(16(19)25)12(22-23-17)4-5-13-11(18)6-10(9-2-3-9)14-7-21-8-24(13)14;1-3-9(11)10-6-4-5-8(10)7-12-2/h6-9H,2-3H2,1H3,(H2,19,25)(H2,20,22,23);3,8H,1,4-7H2,2H3. The maximum Gasteiger partial charge on any atom is 0.255 e. The van der Waals surface area contributed by atoms with E-state index in [0.29, 0.717) is 34.8 Å². The van der Waals surface area contributed by atoms with Gasteiger partial charge in [0.2, 0.25) is 5.91 Å². The number of hydrogen-bond acceptors (Lipinski definition) is 6. The first-order valence-electron chi connectivity index (χ1n) is 12.0. The van der Waals surface area contributed by atoms with E-state index < -0.39 is 5.91 Å². The average molecular weight is 524 g/mol. The van der Waals surface area contributed by atoms with Gasteiger partial charge in [-0.2, -0.15) is 5.10 Å². The molecule has 3 aromatic rings. The van der Waals surface area contributed by atoms with Gasteiger partial charge < -0.3 is 20.7 Å². The second kappa shape index (κ2) is 11.5. The van der Waals surface area contributed by atoms with E-state index in [1.807, 2.05) is 21.6 Å². The number of amides is 2. The lowest BCUT2D eigenvalue weighted by atomic mass is 10.1. The Hall–Kier alpha value is -3.81. The zero-order valence-electron chi connectivity index (χ0n) is 20.9. The number of hydrogen-bond donors (Lipinski definition) is 3. The fraction of sp³-hybridized carbons (Fsp3) is 0.385. The summed E-state index contributed by atoms with van der Waals surface area (Å²) in [6.45, 7) is 4.95.